The number of benzene rings is 1. The van der Waals surface area contributed by atoms with Gasteiger partial charge in [0, 0.05) is 19.7 Å². The topological polar surface area (TPSA) is 41.6 Å². The van der Waals surface area contributed by atoms with E-state index in [1.807, 2.05) is 4.90 Å². The molecule has 0 bridgehead atoms. The van der Waals surface area contributed by atoms with E-state index >= 15 is 0 Å². The van der Waals surface area contributed by atoms with E-state index in [0.29, 0.717) is 5.92 Å². The lowest BCUT2D eigenvalue weighted by molar-refractivity contribution is 0.0819. The summed E-state index contributed by atoms with van der Waals surface area (Å²) in [5, 5.41) is 3.12. The number of hydrogen-bond donors (Lipinski definition) is 1. The predicted molar refractivity (Wildman–Crippen MR) is 91.4 cm³/mol. The van der Waals surface area contributed by atoms with Crippen LogP contribution in [0.25, 0.3) is 0 Å². The number of hydrogen-bond acceptors (Lipinski definition) is 2. The monoisotopic (exact) mass is 316 g/mol. The zero-order valence-corrected chi connectivity index (χ0v) is 14.0. The van der Waals surface area contributed by atoms with E-state index in [-0.39, 0.29) is 18.2 Å². The number of nitrogens with one attached hydrogen (secondary N) is 1. The molecule has 2 amide bonds. The van der Waals surface area contributed by atoms with Gasteiger partial charge in [0.25, 0.3) is 0 Å². The summed E-state index contributed by atoms with van der Waals surface area (Å²) < 4.78 is 5.65. The average Bonchev–Trinajstić information content (AvgIpc) is 3.11. The SMILES string of the molecule is CC(NC(=O)N1CCC(Cc2ccccc2)CC1)C1CCCO1. The smallest absolute Gasteiger partial charge is 0.317 e. The van der Waals surface area contributed by atoms with Crippen molar-refractivity contribution in [2.24, 2.45) is 5.92 Å². The van der Waals surface area contributed by atoms with Crippen molar-refractivity contribution in [2.75, 3.05) is 19.7 Å². The van der Waals surface area contributed by atoms with Crippen molar-refractivity contribution in [3.05, 3.63) is 35.9 Å². The molecule has 126 valence electrons. The van der Waals surface area contributed by atoms with Gasteiger partial charge >= 0.3 is 6.03 Å². The molecule has 1 aromatic carbocycles. The van der Waals surface area contributed by atoms with E-state index in [1.54, 1.807) is 0 Å². The molecule has 2 unspecified atom stereocenters. The first-order chi connectivity index (χ1) is 11.2. The van der Waals surface area contributed by atoms with Crippen LogP contribution in [-0.2, 0) is 11.2 Å². The Morgan fingerprint density at radius 2 is 2.00 bits per heavy atom. The minimum Gasteiger partial charge on any atom is -0.376 e. The molecule has 0 aliphatic carbocycles. The first kappa shape index (κ1) is 16.3. The number of piperidine rings is 1. The van der Waals surface area contributed by atoms with Crippen LogP contribution >= 0.6 is 0 Å². The molecule has 0 radical (unpaired) electrons. The number of urea groups is 1. The van der Waals surface area contributed by atoms with Gasteiger partial charge in [0.15, 0.2) is 0 Å². The van der Waals surface area contributed by atoms with Gasteiger partial charge in [0.05, 0.1) is 12.1 Å². The molecular formula is C19H28N2O2. The number of likely N-dealkylation sites (tertiary alicyclic amines) is 1. The second-order valence-corrected chi connectivity index (χ2v) is 6.91. The highest BCUT2D eigenvalue weighted by atomic mass is 16.5. The Balaban J connectivity index is 1.42. The molecule has 2 aliphatic heterocycles. The summed E-state index contributed by atoms with van der Waals surface area (Å²) in [5.74, 6) is 0.692. The first-order valence-electron chi connectivity index (χ1n) is 8.93. The largest absolute Gasteiger partial charge is 0.376 e. The van der Waals surface area contributed by atoms with Crippen molar-refractivity contribution in [1.29, 1.82) is 0 Å². The van der Waals surface area contributed by atoms with Gasteiger partial charge in [-0.05, 0) is 50.5 Å². The third kappa shape index (κ3) is 4.47. The van der Waals surface area contributed by atoms with Gasteiger partial charge in [-0.2, -0.15) is 0 Å². The van der Waals surface area contributed by atoms with Crippen LogP contribution in [0, 0.1) is 5.92 Å². The van der Waals surface area contributed by atoms with Gasteiger partial charge in [-0.15, -0.1) is 0 Å². The number of carbonyl (C=O) groups excluding carboxylic acids is 1. The van der Waals surface area contributed by atoms with Gasteiger partial charge in [0.2, 0.25) is 0 Å². The summed E-state index contributed by atoms with van der Waals surface area (Å²) in [6.45, 7) is 4.61. The van der Waals surface area contributed by atoms with Crippen molar-refractivity contribution < 1.29 is 9.53 Å². The second-order valence-electron chi connectivity index (χ2n) is 6.91. The van der Waals surface area contributed by atoms with Crippen LogP contribution in [0.5, 0.6) is 0 Å². The van der Waals surface area contributed by atoms with Gasteiger partial charge in [-0.25, -0.2) is 4.79 Å². The van der Waals surface area contributed by atoms with Crippen molar-refractivity contribution in [2.45, 2.75) is 51.2 Å². The normalized spacial score (nSPS) is 23.7. The molecule has 1 N–H and O–H groups in total. The van der Waals surface area contributed by atoms with E-state index in [9.17, 15) is 4.79 Å². The number of rotatable bonds is 4. The van der Waals surface area contributed by atoms with Gasteiger partial charge < -0.3 is 15.0 Å². The lowest BCUT2D eigenvalue weighted by atomic mass is 9.90. The van der Waals surface area contributed by atoms with Gasteiger partial charge in [-0.1, -0.05) is 30.3 Å². The molecule has 2 atom stereocenters. The molecule has 0 saturated carbocycles. The van der Waals surface area contributed by atoms with Crippen LogP contribution in [0.1, 0.15) is 38.2 Å². The van der Waals surface area contributed by atoms with Crippen molar-refractivity contribution in [1.82, 2.24) is 10.2 Å². The van der Waals surface area contributed by atoms with Crippen LogP contribution in [0.3, 0.4) is 0 Å². The number of carbonyl (C=O) groups is 1. The predicted octanol–water partition coefficient (Wildman–Crippen LogP) is 3.22. The molecule has 3 rings (SSSR count). The lowest BCUT2D eigenvalue weighted by Gasteiger charge is -2.33. The summed E-state index contributed by atoms with van der Waals surface area (Å²) in [5.41, 5.74) is 1.41. The van der Waals surface area contributed by atoms with Crippen LogP contribution in [0.4, 0.5) is 4.79 Å². The van der Waals surface area contributed by atoms with E-state index in [0.717, 1.165) is 51.8 Å². The lowest BCUT2D eigenvalue weighted by Crippen LogP contribution is -2.50. The van der Waals surface area contributed by atoms with Crippen molar-refractivity contribution >= 4 is 6.03 Å². The Morgan fingerprint density at radius 1 is 1.26 bits per heavy atom. The maximum Gasteiger partial charge on any atom is 0.317 e. The van der Waals surface area contributed by atoms with Gasteiger partial charge in [-0.3, -0.25) is 0 Å². The van der Waals surface area contributed by atoms with E-state index in [2.05, 4.69) is 42.6 Å². The minimum atomic E-state index is 0.0751. The molecule has 2 saturated heterocycles. The molecule has 2 fully saturated rings. The highest BCUT2D eigenvalue weighted by molar-refractivity contribution is 5.74. The molecular weight excluding hydrogens is 288 g/mol. The highest BCUT2D eigenvalue weighted by Crippen LogP contribution is 2.22. The second kappa shape index (κ2) is 7.82. The third-order valence-electron chi connectivity index (χ3n) is 5.14. The number of nitrogens with zero attached hydrogens (tertiary/aromatic N) is 1. The number of ether oxygens (including phenoxy) is 1. The summed E-state index contributed by atoms with van der Waals surface area (Å²) >= 11 is 0. The quantitative estimate of drug-likeness (QED) is 0.926. The fourth-order valence-corrected chi connectivity index (χ4v) is 3.66. The average molecular weight is 316 g/mol. The standard InChI is InChI=1S/C19H28N2O2/c1-15(18-8-5-13-23-18)20-19(22)21-11-9-17(10-12-21)14-16-6-3-2-4-7-16/h2-4,6-7,15,17-18H,5,8-14H2,1H3,(H,20,22). The first-order valence-corrected chi connectivity index (χ1v) is 8.93. The molecule has 4 nitrogen and oxygen atoms in total. The van der Waals surface area contributed by atoms with Crippen molar-refractivity contribution in [3.63, 3.8) is 0 Å². The van der Waals surface area contributed by atoms with Crippen molar-refractivity contribution in [3.8, 4) is 0 Å². The van der Waals surface area contributed by atoms with E-state index < -0.39 is 0 Å². The fourth-order valence-electron chi connectivity index (χ4n) is 3.66. The molecule has 23 heavy (non-hydrogen) atoms. The van der Waals surface area contributed by atoms with Gasteiger partial charge in [0.1, 0.15) is 0 Å². The molecule has 0 aromatic heterocycles. The Kier molecular flexibility index (Phi) is 5.55. The Labute approximate surface area is 139 Å². The number of amides is 2. The van der Waals surface area contributed by atoms with Crippen LogP contribution < -0.4 is 5.32 Å². The molecule has 1 aromatic rings. The molecule has 2 aliphatic rings. The van der Waals surface area contributed by atoms with Crippen LogP contribution in [0.15, 0.2) is 30.3 Å². The van der Waals surface area contributed by atoms with E-state index in [1.165, 1.54) is 5.56 Å². The molecule has 0 spiro atoms. The Bertz CT molecular complexity index is 491. The van der Waals surface area contributed by atoms with E-state index in [4.69, 9.17) is 4.74 Å². The Morgan fingerprint density at radius 3 is 2.65 bits per heavy atom. The summed E-state index contributed by atoms with van der Waals surface area (Å²) in [7, 11) is 0. The van der Waals surface area contributed by atoms with Crippen LogP contribution in [0.2, 0.25) is 0 Å². The van der Waals surface area contributed by atoms with Crippen LogP contribution in [-0.4, -0.2) is 42.8 Å². The zero-order valence-electron chi connectivity index (χ0n) is 14.0. The fraction of sp³-hybridized carbons (Fsp3) is 0.632. The summed E-state index contributed by atoms with van der Waals surface area (Å²) in [6, 6.07) is 10.8. The summed E-state index contributed by atoms with van der Waals surface area (Å²) in [6.07, 6.45) is 5.67. The highest BCUT2D eigenvalue weighted by Gasteiger charge is 2.27. The Hall–Kier alpha value is -1.55. The zero-order chi connectivity index (χ0) is 16.1. The minimum absolute atomic E-state index is 0.0751. The maximum atomic E-state index is 12.4. The third-order valence-corrected chi connectivity index (χ3v) is 5.14. The summed E-state index contributed by atoms with van der Waals surface area (Å²) in [4.78, 5) is 14.4. The molecule has 2 heterocycles. The molecule has 4 heteroatoms. The maximum absolute atomic E-state index is 12.4.